The Morgan fingerprint density at radius 1 is 1.47 bits per heavy atom. The lowest BCUT2D eigenvalue weighted by molar-refractivity contribution is 0.314. The van der Waals surface area contributed by atoms with Gasteiger partial charge in [-0.05, 0) is 25.8 Å². The van der Waals surface area contributed by atoms with Gasteiger partial charge in [0.2, 0.25) is 0 Å². The van der Waals surface area contributed by atoms with Crippen LogP contribution in [0.2, 0.25) is 0 Å². The first-order chi connectivity index (χ1) is 7.15. The predicted molar refractivity (Wildman–Crippen MR) is 64.2 cm³/mol. The first-order valence-electron chi connectivity index (χ1n) is 5.86. The smallest absolute Gasteiger partial charge is 0.156 e. The van der Waals surface area contributed by atoms with Crippen molar-refractivity contribution in [3.05, 3.63) is 0 Å². The molecule has 0 aromatic rings. The minimum absolute atomic E-state index is 0.0503. The van der Waals surface area contributed by atoms with Gasteiger partial charge >= 0.3 is 0 Å². The third-order valence-electron chi connectivity index (χ3n) is 2.82. The molecule has 0 aliphatic heterocycles. The summed E-state index contributed by atoms with van der Waals surface area (Å²) in [5.74, 6) is 0.944. The standard InChI is InChI=1S/C11H25N3O/c1-4-6-7-10(5-2)8-13-9(3)11(12)14-15/h9-10,13,15H,4-8H2,1-3H3,(H2,12,14). The van der Waals surface area contributed by atoms with Gasteiger partial charge in [0, 0.05) is 0 Å². The molecule has 4 nitrogen and oxygen atoms in total. The highest BCUT2D eigenvalue weighted by molar-refractivity contribution is 5.84. The van der Waals surface area contributed by atoms with Crippen molar-refractivity contribution < 1.29 is 5.21 Å². The molecule has 0 aromatic carbocycles. The molecule has 0 aliphatic rings. The number of amidine groups is 1. The zero-order valence-electron chi connectivity index (χ0n) is 10.2. The van der Waals surface area contributed by atoms with Gasteiger partial charge < -0.3 is 16.3 Å². The summed E-state index contributed by atoms with van der Waals surface area (Å²) in [6.07, 6.45) is 4.95. The van der Waals surface area contributed by atoms with E-state index in [9.17, 15) is 0 Å². The first-order valence-corrected chi connectivity index (χ1v) is 5.86. The third-order valence-corrected chi connectivity index (χ3v) is 2.82. The van der Waals surface area contributed by atoms with Crippen molar-refractivity contribution in [3.8, 4) is 0 Å². The molecule has 4 N–H and O–H groups in total. The average molecular weight is 215 g/mol. The van der Waals surface area contributed by atoms with Crippen molar-refractivity contribution in [3.63, 3.8) is 0 Å². The number of hydrogen-bond donors (Lipinski definition) is 3. The molecule has 4 heteroatoms. The summed E-state index contributed by atoms with van der Waals surface area (Å²) in [7, 11) is 0. The maximum absolute atomic E-state index is 8.49. The van der Waals surface area contributed by atoms with E-state index in [1.54, 1.807) is 0 Å². The molecule has 2 unspecified atom stereocenters. The quantitative estimate of drug-likeness (QED) is 0.251. The van der Waals surface area contributed by atoms with Crippen LogP contribution in [-0.2, 0) is 0 Å². The van der Waals surface area contributed by atoms with Crippen LogP contribution < -0.4 is 11.1 Å². The third kappa shape index (κ3) is 6.33. The second kappa shape index (κ2) is 8.53. The van der Waals surface area contributed by atoms with Gasteiger partial charge in [-0.3, -0.25) is 0 Å². The molecular weight excluding hydrogens is 190 g/mol. The van der Waals surface area contributed by atoms with Crippen LogP contribution in [-0.4, -0.2) is 23.6 Å². The van der Waals surface area contributed by atoms with Crippen molar-refractivity contribution in [1.82, 2.24) is 5.32 Å². The van der Waals surface area contributed by atoms with Crippen LogP contribution in [0.5, 0.6) is 0 Å². The molecule has 2 atom stereocenters. The van der Waals surface area contributed by atoms with E-state index in [0.717, 1.165) is 6.54 Å². The van der Waals surface area contributed by atoms with E-state index in [0.29, 0.717) is 5.92 Å². The van der Waals surface area contributed by atoms with Crippen LogP contribution >= 0.6 is 0 Å². The fraction of sp³-hybridized carbons (Fsp3) is 0.909. The SMILES string of the molecule is CCCCC(CC)CNC(C)C(N)=NO. The van der Waals surface area contributed by atoms with Gasteiger partial charge in [0.05, 0.1) is 6.04 Å². The maximum Gasteiger partial charge on any atom is 0.156 e. The van der Waals surface area contributed by atoms with Crippen molar-refractivity contribution in [1.29, 1.82) is 0 Å². The zero-order chi connectivity index (χ0) is 11.7. The Morgan fingerprint density at radius 3 is 2.60 bits per heavy atom. The van der Waals surface area contributed by atoms with Gasteiger partial charge in [0.25, 0.3) is 0 Å². The Balaban J connectivity index is 3.79. The largest absolute Gasteiger partial charge is 0.409 e. The van der Waals surface area contributed by atoms with Crippen LogP contribution in [0.3, 0.4) is 0 Å². The van der Waals surface area contributed by atoms with Gasteiger partial charge in [-0.15, -0.1) is 0 Å². The molecule has 0 saturated heterocycles. The number of hydrogen-bond acceptors (Lipinski definition) is 3. The molecule has 0 bridgehead atoms. The van der Waals surface area contributed by atoms with E-state index in [1.807, 2.05) is 6.92 Å². The summed E-state index contributed by atoms with van der Waals surface area (Å²) in [6, 6.07) is -0.0503. The average Bonchev–Trinajstić information content (AvgIpc) is 2.27. The topological polar surface area (TPSA) is 70.6 Å². The van der Waals surface area contributed by atoms with Crippen LogP contribution in [0, 0.1) is 5.92 Å². The Kier molecular flexibility index (Phi) is 8.09. The highest BCUT2D eigenvalue weighted by Crippen LogP contribution is 2.11. The van der Waals surface area contributed by atoms with Gasteiger partial charge in [-0.1, -0.05) is 38.3 Å². The molecule has 0 amide bonds. The Bertz CT molecular complexity index is 183. The van der Waals surface area contributed by atoms with Crippen molar-refractivity contribution in [2.24, 2.45) is 16.8 Å². The van der Waals surface area contributed by atoms with E-state index in [4.69, 9.17) is 10.9 Å². The van der Waals surface area contributed by atoms with Crippen molar-refractivity contribution in [2.45, 2.75) is 52.5 Å². The molecule has 90 valence electrons. The van der Waals surface area contributed by atoms with Gasteiger partial charge in [0.15, 0.2) is 5.84 Å². The highest BCUT2D eigenvalue weighted by atomic mass is 16.4. The lowest BCUT2D eigenvalue weighted by atomic mass is 9.99. The van der Waals surface area contributed by atoms with Crippen molar-refractivity contribution in [2.75, 3.05) is 6.54 Å². The summed E-state index contributed by atoms with van der Waals surface area (Å²) in [4.78, 5) is 0. The molecule has 0 spiro atoms. The molecule has 0 saturated carbocycles. The van der Waals surface area contributed by atoms with Crippen LogP contribution in [0.25, 0.3) is 0 Å². The molecule has 0 aromatic heterocycles. The van der Waals surface area contributed by atoms with Crippen LogP contribution in [0.1, 0.15) is 46.5 Å². The van der Waals surface area contributed by atoms with E-state index in [2.05, 4.69) is 24.3 Å². The number of nitrogens with one attached hydrogen (secondary N) is 1. The predicted octanol–water partition coefficient (Wildman–Crippen LogP) is 1.93. The van der Waals surface area contributed by atoms with Crippen molar-refractivity contribution >= 4 is 5.84 Å². The molecule has 0 aliphatic carbocycles. The van der Waals surface area contributed by atoms with E-state index < -0.39 is 0 Å². The molecule has 15 heavy (non-hydrogen) atoms. The van der Waals surface area contributed by atoms with Crippen LogP contribution in [0.15, 0.2) is 5.16 Å². The summed E-state index contributed by atoms with van der Waals surface area (Å²) in [5.41, 5.74) is 5.48. The molecular formula is C11H25N3O. The number of nitrogens with two attached hydrogens (primary N) is 1. The minimum Gasteiger partial charge on any atom is -0.409 e. The van der Waals surface area contributed by atoms with E-state index >= 15 is 0 Å². The Labute approximate surface area is 92.9 Å². The van der Waals surface area contributed by atoms with Gasteiger partial charge in [0.1, 0.15) is 0 Å². The number of oxime groups is 1. The van der Waals surface area contributed by atoms with Crippen LogP contribution in [0.4, 0.5) is 0 Å². The lowest BCUT2D eigenvalue weighted by Crippen LogP contribution is -2.41. The van der Waals surface area contributed by atoms with Gasteiger partial charge in [-0.25, -0.2) is 0 Å². The zero-order valence-corrected chi connectivity index (χ0v) is 10.2. The number of rotatable bonds is 8. The Morgan fingerprint density at radius 2 is 2.13 bits per heavy atom. The maximum atomic E-state index is 8.49. The molecule has 0 radical (unpaired) electrons. The molecule has 0 rings (SSSR count). The first kappa shape index (κ1) is 14.2. The summed E-state index contributed by atoms with van der Waals surface area (Å²) >= 11 is 0. The second-order valence-corrected chi connectivity index (χ2v) is 4.07. The minimum atomic E-state index is -0.0503. The second-order valence-electron chi connectivity index (χ2n) is 4.07. The Hall–Kier alpha value is -0.770. The fourth-order valence-corrected chi connectivity index (χ4v) is 1.48. The van der Waals surface area contributed by atoms with Gasteiger partial charge in [-0.2, -0.15) is 0 Å². The number of nitrogens with zero attached hydrogens (tertiary/aromatic N) is 1. The summed E-state index contributed by atoms with van der Waals surface area (Å²) in [5, 5.41) is 14.8. The normalized spacial score (nSPS) is 16.3. The van der Waals surface area contributed by atoms with E-state index in [-0.39, 0.29) is 11.9 Å². The summed E-state index contributed by atoms with van der Waals surface area (Å²) < 4.78 is 0. The molecule has 0 heterocycles. The summed E-state index contributed by atoms with van der Waals surface area (Å²) in [6.45, 7) is 7.25. The fourth-order valence-electron chi connectivity index (χ4n) is 1.48. The lowest BCUT2D eigenvalue weighted by Gasteiger charge is -2.18. The molecule has 0 fully saturated rings. The number of unbranched alkanes of at least 4 members (excludes halogenated alkanes) is 1. The van der Waals surface area contributed by atoms with E-state index in [1.165, 1.54) is 25.7 Å². The highest BCUT2D eigenvalue weighted by Gasteiger charge is 2.10. The monoisotopic (exact) mass is 215 g/mol.